The first-order valence-electron chi connectivity index (χ1n) is 13.4. The third kappa shape index (κ3) is 3.20. The molecule has 0 atom stereocenters. The van der Waals surface area contributed by atoms with Crippen LogP contribution < -0.4 is 0 Å². The number of para-hydroxylation sites is 4. The van der Waals surface area contributed by atoms with Crippen LogP contribution in [0, 0.1) is 12.9 Å². The van der Waals surface area contributed by atoms with Gasteiger partial charge in [-0.3, -0.25) is 0 Å². The summed E-state index contributed by atoms with van der Waals surface area (Å²) in [5.74, 6) is -0.478. The molecule has 8 rings (SSSR count). The van der Waals surface area contributed by atoms with Crippen LogP contribution in [0.25, 0.3) is 66.1 Å². The van der Waals surface area contributed by atoms with Gasteiger partial charge in [0.15, 0.2) is 0 Å². The van der Waals surface area contributed by atoms with Crippen LogP contribution in [-0.2, 0) is 0 Å². The fourth-order valence-electron chi connectivity index (χ4n) is 6.32. The maximum atomic E-state index is 14.3. The second-order valence-corrected chi connectivity index (χ2v) is 10.2. The summed E-state index contributed by atoms with van der Waals surface area (Å²) >= 11 is 0. The Morgan fingerprint density at radius 1 is 0.525 bits per heavy atom. The van der Waals surface area contributed by atoms with Crippen LogP contribution in [0.15, 0.2) is 128 Å². The second-order valence-electron chi connectivity index (χ2n) is 10.2. The van der Waals surface area contributed by atoms with Crippen molar-refractivity contribution in [1.82, 2.24) is 14.1 Å². The molecule has 190 valence electrons. The Labute approximate surface area is 230 Å². The minimum atomic E-state index is -0.478. The normalized spacial score (nSPS) is 11.8. The Bertz CT molecular complexity index is 2010. The lowest BCUT2D eigenvalue weighted by Gasteiger charge is -2.21. The Morgan fingerprint density at radius 3 is 1.32 bits per heavy atom. The molecule has 40 heavy (non-hydrogen) atoms. The summed E-state index contributed by atoms with van der Waals surface area (Å²) < 4.78 is 19.0. The highest BCUT2D eigenvalue weighted by molar-refractivity contribution is 6.11. The van der Waals surface area contributed by atoms with E-state index in [9.17, 15) is 4.39 Å². The fraction of sp³-hybridized carbons (Fsp3) is 0.0278. The standard InChI is InChI=1S/C36H24FN3/c1-23-21-35(37)38-22-28(23)36-33(39-29-15-6-2-11-24(29)25-12-3-7-16-30(25)39)19-10-20-34(36)40-31-17-8-4-13-26(31)27-14-5-9-18-32(27)40/h2-22H,1H3. The monoisotopic (exact) mass is 517 g/mol. The summed E-state index contributed by atoms with van der Waals surface area (Å²) in [5, 5.41) is 4.78. The maximum Gasteiger partial charge on any atom is 0.213 e. The summed E-state index contributed by atoms with van der Waals surface area (Å²) in [4.78, 5) is 4.13. The lowest BCUT2D eigenvalue weighted by Crippen LogP contribution is -2.05. The van der Waals surface area contributed by atoms with Crippen molar-refractivity contribution in [2.75, 3.05) is 0 Å². The molecule has 0 spiro atoms. The second kappa shape index (κ2) is 8.65. The number of aryl methyl sites for hydroxylation is 1. The van der Waals surface area contributed by atoms with Crippen LogP contribution in [0.1, 0.15) is 5.56 Å². The van der Waals surface area contributed by atoms with Gasteiger partial charge in [-0.2, -0.15) is 4.39 Å². The number of rotatable bonds is 3. The minimum absolute atomic E-state index is 0.478. The molecule has 0 radical (unpaired) electrons. The molecule has 0 amide bonds. The summed E-state index contributed by atoms with van der Waals surface area (Å²) in [6.07, 6.45) is 1.68. The number of halogens is 1. The Balaban J connectivity index is 1.58. The van der Waals surface area contributed by atoms with Crippen LogP contribution in [0.5, 0.6) is 0 Å². The quantitative estimate of drug-likeness (QED) is 0.214. The fourth-order valence-corrected chi connectivity index (χ4v) is 6.32. The molecule has 0 fully saturated rings. The number of pyridine rings is 1. The summed E-state index contributed by atoms with van der Waals surface area (Å²) in [6.45, 7) is 1.96. The zero-order valence-electron chi connectivity index (χ0n) is 21.8. The van der Waals surface area contributed by atoms with Gasteiger partial charge in [-0.1, -0.05) is 78.9 Å². The molecule has 8 aromatic rings. The zero-order valence-corrected chi connectivity index (χ0v) is 21.8. The number of benzene rings is 5. The summed E-state index contributed by atoms with van der Waals surface area (Å²) in [6, 6.07) is 42.0. The minimum Gasteiger partial charge on any atom is -0.309 e. The number of nitrogens with zero attached hydrogens (tertiary/aromatic N) is 3. The maximum absolute atomic E-state index is 14.3. The van der Waals surface area contributed by atoms with E-state index in [-0.39, 0.29) is 0 Å². The first-order valence-corrected chi connectivity index (χ1v) is 13.4. The van der Waals surface area contributed by atoms with Gasteiger partial charge in [0.2, 0.25) is 5.95 Å². The molecule has 0 saturated carbocycles. The van der Waals surface area contributed by atoms with Gasteiger partial charge < -0.3 is 9.13 Å². The molecule has 4 heteroatoms. The highest BCUT2D eigenvalue weighted by Crippen LogP contribution is 2.42. The molecule has 3 nitrogen and oxygen atoms in total. The molecule has 0 N–H and O–H groups in total. The zero-order chi connectivity index (χ0) is 26.8. The van der Waals surface area contributed by atoms with E-state index in [1.165, 1.54) is 27.6 Å². The van der Waals surface area contributed by atoms with Gasteiger partial charge in [0.1, 0.15) is 0 Å². The van der Waals surface area contributed by atoms with Crippen molar-refractivity contribution in [3.05, 3.63) is 139 Å². The Hall–Kier alpha value is -5.22. The Morgan fingerprint density at radius 2 is 0.925 bits per heavy atom. The van der Waals surface area contributed by atoms with E-state index in [1.807, 2.05) is 6.92 Å². The van der Waals surface area contributed by atoms with E-state index in [4.69, 9.17) is 0 Å². The molecule has 3 heterocycles. The highest BCUT2D eigenvalue weighted by atomic mass is 19.1. The first kappa shape index (κ1) is 22.7. The predicted molar refractivity (Wildman–Crippen MR) is 163 cm³/mol. The first-order chi connectivity index (χ1) is 19.7. The van der Waals surface area contributed by atoms with Gasteiger partial charge in [0.25, 0.3) is 0 Å². The van der Waals surface area contributed by atoms with Gasteiger partial charge in [-0.25, -0.2) is 4.98 Å². The van der Waals surface area contributed by atoms with Gasteiger partial charge in [0.05, 0.1) is 33.4 Å². The van der Waals surface area contributed by atoms with Gasteiger partial charge in [-0.15, -0.1) is 0 Å². The molecule has 5 aromatic carbocycles. The molecular weight excluding hydrogens is 493 g/mol. The molecule has 0 aliphatic rings. The third-order valence-electron chi connectivity index (χ3n) is 8.01. The summed E-state index contributed by atoms with van der Waals surface area (Å²) in [7, 11) is 0. The highest BCUT2D eigenvalue weighted by Gasteiger charge is 2.22. The van der Waals surface area contributed by atoms with Gasteiger partial charge in [-0.05, 0) is 55.0 Å². The van der Waals surface area contributed by atoms with Crippen molar-refractivity contribution in [2.24, 2.45) is 0 Å². The summed E-state index contributed by atoms with van der Waals surface area (Å²) in [5.41, 5.74) is 9.27. The van der Waals surface area contributed by atoms with Crippen LogP contribution in [0.3, 0.4) is 0 Å². The topological polar surface area (TPSA) is 22.8 Å². The number of aromatic nitrogens is 3. The number of fused-ring (bicyclic) bond motifs is 6. The van der Waals surface area contributed by atoms with Crippen molar-refractivity contribution in [2.45, 2.75) is 6.92 Å². The SMILES string of the molecule is Cc1cc(F)ncc1-c1c(-n2c3ccccc3c3ccccc32)cccc1-n1c2ccccc2c2ccccc21. The van der Waals surface area contributed by atoms with E-state index in [1.54, 1.807) is 6.20 Å². The molecule has 0 saturated heterocycles. The van der Waals surface area contributed by atoms with Crippen molar-refractivity contribution in [1.29, 1.82) is 0 Å². The molecule has 0 aliphatic heterocycles. The smallest absolute Gasteiger partial charge is 0.213 e. The van der Waals surface area contributed by atoms with Crippen LogP contribution in [0.2, 0.25) is 0 Å². The van der Waals surface area contributed by atoms with E-state index in [0.29, 0.717) is 0 Å². The van der Waals surface area contributed by atoms with E-state index in [2.05, 4.69) is 129 Å². The van der Waals surface area contributed by atoms with Crippen molar-refractivity contribution < 1.29 is 4.39 Å². The molecule has 0 unspecified atom stereocenters. The van der Waals surface area contributed by atoms with Crippen LogP contribution in [-0.4, -0.2) is 14.1 Å². The van der Waals surface area contributed by atoms with Crippen molar-refractivity contribution in [3.8, 4) is 22.5 Å². The van der Waals surface area contributed by atoms with Crippen molar-refractivity contribution in [3.63, 3.8) is 0 Å². The predicted octanol–water partition coefficient (Wildman–Crippen LogP) is 9.39. The lowest BCUT2D eigenvalue weighted by molar-refractivity contribution is 0.583. The average Bonchev–Trinajstić information content (AvgIpc) is 3.50. The lowest BCUT2D eigenvalue weighted by atomic mass is 9.98. The molecule has 0 bridgehead atoms. The third-order valence-corrected chi connectivity index (χ3v) is 8.01. The Kier molecular flexibility index (Phi) is 4.92. The average molecular weight is 518 g/mol. The molecule has 3 aromatic heterocycles. The van der Waals surface area contributed by atoms with Gasteiger partial charge >= 0.3 is 0 Å². The van der Waals surface area contributed by atoms with Crippen LogP contribution in [0.4, 0.5) is 4.39 Å². The van der Waals surface area contributed by atoms with Crippen LogP contribution >= 0.6 is 0 Å². The molecule has 0 aliphatic carbocycles. The largest absolute Gasteiger partial charge is 0.309 e. The number of hydrogen-bond donors (Lipinski definition) is 0. The molecular formula is C36H24FN3. The van der Waals surface area contributed by atoms with E-state index in [0.717, 1.165) is 50.1 Å². The van der Waals surface area contributed by atoms with Gasteiger partial charge in [0, 0.05) is 38.9 Å². The van der Waals surface area contributed by atoms with Crippen molar-refractivity contribution >= 4 is 43.6 Å². The number of hydrogen-bond acceptors (Lipinski definition) is 1. The van der Waals surface area contributed by atoms with E-state index < -0.39 is 5.95 Å². The van der Waals surface area contributed by atoms with E-state index >= 15 is 0 Å².